The van der Waals surface area contributed by atoms with Crippen LogP contribution in [0.15, 0.2) is 114 Å². The second kappa shape index (κ2) is 8.41. The number of rotatable bonds is 2. The molecule has 182 valence electrons. The molecule has 0 saturated carbocycles. The van der Waals surface area contributed by atoms with Crippen LogP contribution >= 0.6 is 0 Å². The fraction of sp³-hybridized carbons (Fsp3) is 0.235. The lowest BCUT2D eigenvalue weighted by Gasteiger charge is -2.57. The number of benzene rings is 3. The Kier molecular flexibility index (Phi) is 5.11. The summed E-state index contributed by atoms with van der Waals surface area (Å²) in [6, 6.07) is 25.8. The van der Waals surface area contributed by atoms with Crippen LogP contribution in [0, 0.1) is 20.8 Å². The van der Waals surface area contributed by atoms with Crippen LogP contribution in [0.2, 0.25) is 11.6 Å². The SMILES string of the molecule is CC1=CC2B3c4cc(C)ccc4N(c4ccc(C)cc4)C4C=CC=C(C34)N(c3ccc(C)cc3)C2C=C1. The smallest absolute Gasteiger partial charge is 0.200 e. The maximum atomic E-state index is 2.63. The van der Waals surface area contributed by atoms with Gasteiger partial charge in [-0.3, -0.25) is 0 Å². The number of hydrogen-bond acceptors (Lipinski definition) is 2. The van der Waals surface area contributed by atoms with Crippen LogP contribution in [0.25, 0.3) is 0 Å². The molecule has 2 nitrogen and oxygen atoms in total. The summed E-state index contributed by atoms with van der Waals surface area (Å²) >= 11 is 0. The Bertz CT molecular complexity index is 1490. The van der Waals surface area contributed by atoms with E-state index in [0.29, 0.717) is 24.4 Å². The molecule has 0 amide bonds. The molecule has 0 radical (unpaired) electrons. The number of hydrogen-bond donors (Lipinski definition) is 0. The normalized spacial score (nSPS) is 25.2. The molecule has 1 fully saturated rings. The third kappa shape index (κ3) is 3.48. The van der Waals surface area contributed by atoms with E-state index in [2.05, 4.69) is 141 Å². The van der Waals surface area contributed by atoms with Gasteiger partial charge in [-0.25, -0.2) is 0 Å². The van der Waals surface area contributed by atoms with Gasteiger partial charge in [0.25, 0.3) is 0 Å². The molecule has 3 heteroatoms. The maximum absolute atomic E-state index is 2.63. The number of anilines is 3. The van der Waals surface area contributed by atoms with Gasteiger partial charge in [0.15, 0.2) is 6.71 Å². The van der Waals surface area contributed by atoms with E-state index in [1.807, 2.05) is 0 Å². The third-order valence-electron chi connectivity index (χ3n) is 8.79. The Hall–Kier alpha value is -3.72. The van der Waals surface area contributed by atoms with Gasteiger partial charge in [0.1, 0.15) is 0 Å². The van der Waals surface area contributed by atoms with Gasteiger partial charge in [0.2, 0.25) is 0 Å². The van der Waals surface area contributed by atoms with E-state index in [-0.39, 0.29) is 6.04 Å². The summed E-state index contributed by atoms with van der Waals surface area (Å²) < 4.78 is 0. The highest BCUT2D eigenvalue weighted by atomic mass is 15.2. The van der Waals surface area contributed by atoms with Gasteiger partial charge in [0.05, 0.1) is 12.1 Å². The lowest BCUT2D eigenvalue weighted by molar-refractivity contribution is 0.615. The van der Waals surface area contributed by atoms with Gasteiger partial charge >= 0.3 is 0 Å². The molecule has 2 aliphatic carbocycles. The van der Waals surface area contributed by atoms with Crippen LogP contribution in [-0.2, 0) is 0 Å². The lowest BCUT2D eigenvalue weighted by Crippen LogP contribution is -2.64. The zero-order chi connectivity index (χ0) is 25.3. The molecule has 1 saturated heterocycles. The van der Waals surface area contributed by atoms with Crippen LogP contribution in [0.4, 0.5) is 17.1 Å². The first-order valence-corrected chi connectivity index (χ1v) is 13.6. The van der Waals surface area contributed by atoms with Crippen LogP contribution in [-0.4, -0.2) is 18.8 Å². The zero-order valence-corrected chi connectivity index (χ0v) is 22.1. The molecule has 3 aromatic carbocycles. The minimum atomic E-state index is 0.261. The summed E-state index contributed by atoms with van der Waals surface area (Å²) in [7, 11) is 0. The Balaban J connectivity index is 1.47. The van der Waals surface area contributed by atoms with Gasteiger partial charge in [-0.05, 0) is 69.9 Å². The molecule has 4 unspecified atom stereocenters. The number of allylic oxidation sites excluding steroid dienone is 4. The molecule has 0 N–H and O–H groups in total. The Morgan fingerprint density at radius 3 is 2.03 bits per heavy atom. The molecule has 0 spiro atoms. The summed E-state index contributed by atoms with van der Waals surface area (Å²) in [5, 5.41) is 0. The summed E-state index contributed by atoms with van der Waals surface area (Å²) in [5.74, 6) is 0.766. The van der Waals surface area contributed by atoms with Crippen molar-refractivity contribution in [3.8, 4) is 0 Å². The Morgan fingerprint density at radius 1 is 0.676 bits per heavy atom. The van der Waals surface area contributed by atoms with Gasteiger partial charge < -0.3 is 9.80 Å². The highest BCUT2D eigenvalue weighted by molar-refractivity contribution is 6.80. The topological polar surface area (TPSA) is 6.48 Å². The number of nitrogens with zero attached hydrogens (tertiary/aromatic N) is 2. The quantitative estimate of drug-likeness (QED) is 0.352. The molecule has 7 rings (SSSR count). The molecular formula is C34H33BN2. The van der Waals surface area contributed by atoms with Crippen LogP contribution < -0.4 is 15.3 Å². The molecular weight excluding hydrogens is 447 g/mol. The van der Waals surface area contributed by atoms with E-state index >= 15 is 0 Å². The van der Waals surface area contributed by atoms with E-state index in [9.17, 15) is 0 Å². The highest BCUT2D eigenvalue weighted by Gasteiger charge is 2.55. The molecule has 4 aliphatic rings. The Labute approximate surface area is 221 Å². The van der Waals surface area contributed by atoms with Crippen molar-refractivity contribution in [2.75, 3.05) is 9.80 Å². The average Bonchev–Trinajstić information content (AvgIpc) is 2.90. The van der Waals surface area contributed by atoms with Crippen molar-refractivity contribution in [2.24, 2.45) is 0 Å². The van der Waals surface area contributed by atoms with E-state index < -0.39 is 0 Å². The van der Waals surface area contributed by atoms with E-state index in [4.69, 9.17) is 0 Å². The number of aryl methyl sites for hydroxylation is 3. The predicted molar refractivity (Wildman–Crippen MR) is 159 cm³/mol. The van der Waals surface area contributed by atoms with Crippen molar-refractivity contribution in [2.45, 2.75) is 51.4 Å². The molecule has 37 heavy (non-hydrogen) atoms. The number of fused-ring (bicyclic) bond motifs is 4. The maximum Gasteiger partial charge on any atom is 0.200 e. The molecule has 4 atom stereocenters. The fourth-order valence-electron chi connectivity index (χ4n) is 7.14. The van der Waals surface area contributed by atoms with Crippen molar-refractivity contribution in [3.63, 3.8) is 0 Å². The first-order valence-electron chi connectivity index (χ1n) is 13.6. The van der Waals surface area contributed by atoms with Gasteiger partial charge in [-0.15, -0.1) is 0 Å². The van der Waals surface area contributed by atoms with Crippen molar-refractivity contribution < 1.29 is 0 Å². The van der Waals surface area contributed by atoms with Crippen molar-refractivity contribution >= 4 is 29.2 Å². The van der Waals surface area contributed by atoms with Gasteiger partial charge in [-0.2, -0.15) is 0 Å². The monoisotopic (exact) mass is 480 g/mol. The first kappa shape index (κ1) is 22.5. The van der Waals surface area contributed by atoms with Crippen LogP contribution in [0.3, 0.4) is 0 Å². The van der Waals surface area contributed by atoms with E-state index in [1.54, 1.807) is 0 Å². The first-order chi connectivity index (χ1) is 18.0. The van der Waals surface area contributed by atoms with E-state index in [0.717, 1.165) is 0 Å². The van der Waals surface area contributed by atoms with Crippen molar-refractivity contribution in [1.82, 2.24) is 0 Å². The van der Waals surface area contributed by atoms with Gasteiger partial charge in [0, 0.05) is 28.6 Å². The molecule has 0 bridgehead atoms. The fourth-order valence-corrected chi connectivity index (χ4v) is 7.14. The minimum absolute atomic E-state index is 0.261. The van der Waals surface area contributed by atoms with Crippen LogP contribution in [0.1, 0.15) is 23.6 Å². The molecule has 3 aromatic rings. The summed E-state index contributed by atoms with van der Waals surface area (Å²) in [6.07, 6.45) is 14.4. The standard InChI is InChI=1S/C34H33BN2/c1-22-8-14-26(15-9-22)36-30-18-12-24(3)20-28(30)35-29-21-25(4)13-19-31(29)37(27-16-10-23(2)11-17-27)33-7-5-6-32(36)34(33)35/h5-21,28,30,33-34H,1-4H3. The lowest BCUT2D eigenvalue weighted by atomic mass is 9.24. The van der Waals surface area contributed by atoms with Crippen LogP contribution in [0.5, 0.6) is 0 Å². The second-order valence-electron chi connectivity index (χ2n) is 11.3. The second-order valence-corrected chi connectivity index (χ2v) is 11.3. The van der Waals surface area contributed by atoms with Crippen molar-refractivity contribution in [1.29, 1.82) is 0 Å². The van der Waals surface area contributed by atoms with Crippen molar-refractivity contribution in [3.05, 3.63) is 131 Å². The van der Waals surface area contributed by atoms with Gasteiger partial charge in [-0.1, -0.05) is 94.5 Å². The summed E-state index contributed by atoms with van der Waals surface area (Å²) in [5.41, 5.74) is 12.1. The largest absolute Gasteiger partial charge is 0.339 e. The third-order valence-corrected chi connectivity index (χ3v) is 8.79. The molecule has 0 aromatic heterocycles. The van der Waals surface area contributed by atoms with E-state index in [1.165, 1.54) is 50.5 Å². The highest BCUT2D eigenvalue weighted by Crippen LogP contribution is 2.54. The summed E-state index contributed by atoms with van der Waals surface area (Å²) in [6.45, 7) is 9.25. The average molecular weight is 480 g/mol. The molecule has 2 aliphatic heterocycles. The minimum Gasteiger partial charge on any atom is -0.339 e. The Morgan fingerprint density at radius 2 is 1.32 bits per heavy atom. The zero-order valence-electron chi connectivity index (χ0n) is 22.1. The predicted octanol–water partition coefficient (Wildman–Crippen LogP) is 7.43. The summed E-state index contributed by atoms with van der Waals surface area (Å²) in [4.78, 5) is 5.23. The molecule has 2 heterocycles.